The smallest absolute Gasteiger partial charge is 0.471 e. The molecule has 2 aromatic rings. The minimum absolute atomic E-state index is 0.00791. The minimum atomic E-state index is -5.16. The number of benzene rings is 2. The Bertz CT molecular complexity index is 1040. The maximum absolute atomic E-state index is 12.8. The Kier molecular flexibility index (Phi) is 6.01. The molecule has 2 aromatic carbocycles. The molecule has 2 N–H and O–H groups in total. The molecular formula is C23H21F3N2O5. The van der Waals surface area contributed by atoms with Crippen molar-refractivity contribution in [2.24, 2.45) is 0 Å². The number of amides is 2. The number of rotatable bonds is 4. The number of hydrogen-bond acceptors (Lipinski definition) is 4. The van der Waals surface area contributed by atoms with Crippen molar-refractivity contribution < 1.29 is 37.4 Å². The van der Waals surface area contributed by atoms with Crippen molar-refractivity contribution in [1.82, 2.24) is 10.2 Å². The number of carboxylic acid groups (broad SMARTS) is 1. The molecular weight excluding hydrogens is 441 g/mol. The van der Waals surface area contributed by atoms with Crippen molar-refractivity contribution in [3.63, 3.8) is 0 Å². The summed E-state index contributed by atoms with van der Waals surface area (Å²) >= 11 is 0. The van der Waals surface area contributed by atoms with Crippen LogP contribution in [0.25, 0.3) is 11.1 Å². The van der Waals surface area contributed by atoms with E-state index >= 15 is 0 Å². The molecule has 2 atom stereocenters. The van der Waals surface area contributed by atoms with Gasteiger partial charge in [-0.25, -0.2) is 9.59 Å². The van der Waals surface area contributed by atoms with Crippen LogP contribution in [0.4, 0.5) is 18.0 Å². The number of nitrogens with one attached hydrogen (secondary N) is 1. The summed E-state index contributed by atoms with van der Waals surface area (Å²) < 4.78 is 43.4. The fraction of sp³-hybridized carbons (Fsp3) is 0.348. The lowest BCUT2D eigenvalue weighted by molar-refractivity contribution is -0.175. The van der Waals surface area contributed by atoms with Gasteiger partial charge < -0.3 is 15.2 Å². The predicted molar refractivity (Wildman–Crippen MR) is 110 cm³/mol. The van der Waals surface area contributed by atoms with Crippen LogP contribution in [0, 0.1) is 0 Å². The van der Waals surface area contributed by atoms with E-state index in [0.717, 1.165) is 27.2 Å². The van der Waals surface area contributed by atoms with E-state index in [1.165, 1.54) is 0 Å². The summed E-state index contributed by atoms with van der Waals surface area (Å²) in [6.07, 6.45) is -5.90. The lowest BCUT2D eigenvalue weighted by Gasteiger charge is -2.38. The predicted octanol–water partition coefficient (Wildman–Crippen LogP) is 3.53. The van der Waals surface area contributed by atoms with Crippen LogP contribution in [0.5, 0.6) is 0 Å². The van der Waals surface area contributed by atoms with Crippen LogP contribution in [-0.4, -0.2) is 59.4 Å². The molecule has 33 heavy (non-hydrogen) atoms. The summed E-state index contributed by atoms with van der Waals surface area (Å²) in [5.74, 6) is -4.01. The fourth-order valence-electron chi connectivity index (χ4n) is 4.58. The van der Waals surface area contributed by atoms with Gasteiger partial charge in [0.05, 0.1) is 6.04 Å². The van der Waals surface area contributed by atoms with Crippen molar-refractivity contribution in [3.05, 3.63) is 59.7 Å². The normalized spacial score (nSPS) is 20.0. The molecule has 1 fully saturated rings. The van der Waals surface area contributed by atoms with Gasteiger partial charge in [0, 0.05) is 12.5 Å². The number of ether oxygens (including phenoxy) is 1. The SMILES string of the molecule is O=C(O)[C@@H]1[C@@H](NC(=O)C(F)(F)F)CCCN1C(=O)OCC1c2ccccc2-c2ccccc21. The van der Waals surface area contributed by atoms with E-state index in [1.807, 2.05) is 48.5 Å². The first kappa shape index (κ1) is 22.6. The Morgan fingerprint density at radius 2 is 1.61 bits per heavy atom. The molecule has 10 heteroatoms. The molecule has 2 amide bonds. The third kappa shape index (κ3) is 4.37. The molecule has 0 aromatic heterocycles. The molecule has 7 nitrogen and oxygen atoms in total. The van der Waals surface area contributed by atoms with E-state index in [9.17, 15) is 32.7 Å². The first-order valence-electron chi connectivity index (χ1n) is 10.4. The number of carboxylic acids is 1. The number of carbonyl (C=O) groups excluding carboxylic acids is 2. The van der Waals surface area contributed by atoms with Gasteiger partial charge in [-0.3, -0.25) is 9.69 Å². The topological polar surface area (TPSA) is 95.9 Å². The number of likely N-dealkylation sites (tertiary alicyclic amines) is 1. The van der Waals surface area contributed by atoms with Crippen molar-refractivity contribution in [3.8, 4) is 11.1 Å². The maximum atomic E-state index is 12.8. The van der Waals surface area contributed by atoms with Crippen molar-refractivity contribution in [2.75, 3.05) is 13.2 Å². The number of hydrogen-bond donors (Lipinski definition) is 2. The molecule has 1 saturated heterocycles. The maximum Gasteiger partial charge on any atom is 0.471 e. The molecule has 0 saturated carbocycles. The fourth-order valence-corrected chi connectivity index (χ4v) is 4.58. The highest BCUT2D eigenvalue weighted by atomic mass is 19.4. The highest BCUT2D eigenvalue weighted by molar-refractivity contribution is 5.85. The average Bonchev–Trinajstić information content (AvgIpc) is 3.10. The van der Waals surface area contributed by atoms with Crippen molar-refractivity contribution >= 4 is 18.0 Å². The number of carbonyl (C=O) groups is 3. The van der Waals surface area contributed by atoms with Crippen LogP contribution >= 0.6 is 0 Å². The highest BCUT2D eigenvalue weighted by Gasteiger charge is 2.46. The summed E-state index contributed by atoms with van der Waals surface area (Å²) in [4.78, 5) is 36.9. The molecule has 1 aliphatic heterocycles. The number of fused-ring (bicyclic) bond motifs is 3. The number of nitrogens with zero attached hydrogens (tertiary/aromatic N) is 1. The number of halogens is 3. The summed E-state index contributed by atoms with van der Waals surface area (Å²) in [6, 6.07) is 12.3. The van der Waals surface area contributed by atoms with Crippen LogP contribution < -0.4 is 5.32 Å². The van der Waals surface area contributed by atoms with E-state index in [-0.39, 0.29) is 31.9 Å². The minimum Gasteiger partial charge on any atom is -0.480 e. The Balaban J connectivity index is 1.50. The second-order valence-corrected chi connectivity index (χ2v) is 8.00. The second-order valence-electron chi connectivity index (χ2n) is 8.00. The second kappa shape index (κ2) is 8.76. The Hall–Kier alpha value is -3.56. The van der Waals surface area contributed by atoms with Gasteiger partial charge in [-0.15, -0.1) is 0 Å². The van der Waals surface area contributed by atoms with Crippen LogP contribution in [0.15, 0.2) is 48.5 Å². The van der Waals surface area contributed by atoms with Gasteiger partial charge in [0.15, 0.2) is 6.04 Å². The summed E-state index contributed by atoms with van der Waals surface area (Å²) in [5, 5.41) is 11.3. The monoisotopic (exact) mass is 462 g/mol. The van der Waals surface area contributed by atoms with E-state index in [4.69, 9.17) is 4.74 Å². The highest BCUT2D eigenvalue weighted by Crippen LogP contribution is 2.44. The number of piperidine rings is 1. The molecule has 0 radical (unpaired) electrons. The zero-order valence-corrected chi connectivity index (χ0v) is 17.3. The number of aliphatic carboxylic acids is 1. The zero-order chi connectivity index (χ0) is 23.8. The van der Waals surface area contributed by atoms with Crippen LogP contribution in [0.1, 0.15) is 29.9 Å². The summed E-state index contributed by atoms with van der Waals surface area (Å²) in [7, 11) is 0. The lowest BCUT2D eigenvalue weighted by atomic mass is 9.96. The third-order valence-corrected chi connectivity index (χ3v) is 6.03. The van der Waals surface area contributed by atoms with E-state index in [0.29, 0.717) is 0 Å². The molecule has 1 aliphatic carbocycles. The summed E-state index contributed by atoms with van der Waals surface area (Å²) in [5.41, 5.74) is 3.97. The Morgan fingerprint density at radius 3 is 2.15 bits per heavy atom. The van der Waals surface area contributed by atoms with E-state index in [2.05, 4.69) is 0 Å². The van der Waals surface area contributed by atoms with Crippen LogP contribution in [-0.2, 0) is 14.3 Å². The average molecular weight is 462 g/mol. The molecule has 4 rings (SSSR count). The largest absolute Gasteiger partial charge is 0.480 e. The quantitative estimate of drug-likeness (QED) is 0.725. The molecule has 0 unspecified atom stereocenters. The number of alkyl halides is 3. The van der Waals surface area contributed by atoms with Gasteiger partial charge >= 0.3 is 24.1 Å². The lowest BCUT2D eigenvalue weighted by Crippen LogP contribution is -2.61. The zero-order valence-electron chi connectivity index (χ0n) is 17.3. The molecule has 2 aliphatic rings. The summed E-state index contributed by atoms with van der Waals surface area (Å²) in [6.45, 7) is -0.0681. The van der Waals surface area contributed by atoms with Gasteiger partial charge in [-0.2, -0.15) is 13.2 Å². The third-order valence-electron chi connectivity index (χ3n) is 6.03. The first-order valence-corrected chi connectivity index (χ1v) is 10.4. The van der Waals surface area contributed by atoms with Crippen molar-refractivity contribution in [2.45, 2.75) is 37.0 Å². The van der Waals surface area contributed by atoms with Crippen LogP contribution in [0.3, 0.4) is 0 Å². The molecule has 1 heterocycles. The van der Waals surface area contributed by atoms with Gasteiger partial charge in [0.2, 0.25) is 0 Å². The van der Waals surface area contributed by atoms with Crippen LogP contribution in [0.2, 0.25) is 0 Å². The van der Waals surface area contributed by atoms with Crippen molar-refractivity contribution in [1.29, 1.82) is 0 Å². The van der Waals surface area contributed by atoms with Gasteiger partial charge in [0.25, 0.3) is 0 Å². The van der Waals surface area contributed by atoms with E-state index < -0.39 is 36.2 Å². The van der Waals surface area contributed by atoms with E-state index in [1.54, 1.807) is 5.32 Å². The standard InChI is InChI=1S/C23H21F3N2O5/c24-23(25,26)21(31)27-18-10-5-11-28(19(18)20(29)30)22(32)33-12-17-15-8-3-1-6-13(15)14-7-2-4-9-16(14)17/h1-4,6-9,17-19H,5,10-12H2,(H,27,31)(H,29,30)/t18-,19-/m0/s1. The van der Waals surface area contributed by atoms with Gasteiger partial charge in [-0.1, -0.05) is 48.5 Å². The molecule has 0 bridgehead atoms. The molecule has 174 valence electrons. The Labute approximate surface area is 187 Å². The first-order chi connectivity index (χ1) is 15.7. The molecule has 0 spiro atoms. The van der Waals surface area contributed by atoms with Gasteiger partial charge in [0.1, 0.15) is 6.61 Å². The Morgan fingerprint density at radius 1 is 1.03 bits per heavy atom. The van der Waals surface area contributed by atoms with Gasteiger partial charge in [-0.05, 0) is 35.1 Å².